The normalized spacial score (nSPS) is 19.7. The molecule has 1 aromatic carbocycles. The van der Waals surface area contributed by atoms with E-state index in [1.165, 1.54) is 17.0 Å². The molecule has 0 amide bonds. The third-order valence-corrected chi connectivity index (χ3v) is 6.42. The molecule has 1 N–H and O–H groups in total. The highest BCUT2D eigenvalue weighted by atomic mass is 32.1. The summed E-state index contributed by atoms with van der Waals surface area (Å²) in [6.45, 7) is 7.67. The molecule has 0 spiro atoms. The number of ether oxygens (including phenoxy) is 2. The lowest BCUT2D eigenvalue weighted by atomic mass is 9.96. The summed E-state index contributed by atoms with van der Waals surface area (Å²) in [7, 11) is 0. The first kappa shape index (κ1) is 19.9. The Labute approximate surface area is 187 Å². The Morgan fingerprint density at radius 2 is 1.97 bits per heavy atom. The van der Waals surface area contributed by atoms with E-state index in [4.69, 9.17) is 21.7 Å². The van der Waals surface area contributed by atoms with Gasteiger partial charge in [-0.15, -0.1) is 0 Å². The van der Waals surface area contributed by atoms with Gasteiger partial charge in [-0.1, -0.05) is 13.0 Å². The quantitative estimate of drug-likeness (QED) is 0.593. The Bertz CT molecular complexity index is 1130. The van der Waals surface area contributed by atoms with Crippen molar-refractivity contribution in [3.63, 3.8) is 0 Å². The number of benzene rings is 1. The van der Waals surface area contributed by atoms with Gasteiger partial charge in [-0.25, -0.2) is 0 Å². The largest absolute Gasteiger partial charge is 0.454 e. The van der Waals surface area contributed by atoms with E-state index in [1.807, 2.05) is 30.5 Å². The molecule has 1 saturated heterocycles. The number of pyridine rings is 1. The predicted molar refractivity (Wildman–Crippen MR) is 124 cm³/mol. The average Bonchev–Trinajstić information content (AvgIpc) is 3.45. The zero-order chi connectivity index (χ0) is 21.5. The first-order valence-electron chi connectivity index (χ1n) is 10.7. The molecular formula is C24H26N4O2S. The fourth-order valence-corrected chi connectivity index (χ4v) is 5.07. The van der Waals surface area contributed by atoms with Crippen LogP contribution in [0.2, 0.25) is 0 Å². The van der Waals surface area contributed by atoms with E-state index in [2.05, 4.69) is 58.7 Å². The van der Waals surface area contributed by atoms with Gasteiger partial charge in [-0.05, 0) is 68.4 Å². The minimum absolute atomic E-state index is 0.00551. The molecule has 0 saturated carbocycles. The van der Waals surface area contributed by atoms with Gasteiger partial charge in [0.25, 0.3) is 0 Å². The second kappa shape index (κ2) is 7.89. The fourth-order valence-electron chi connectivity index (χ4n) is 4.73. The van der Waals surface area contributed by atoms with Gasteiger partial charge in [0, 0.05) is 35.9 Å². The highest BCUT2D eigenvalue weighted by Gasteiger charge is 2.41. The molecule has 2 aliphatic heterocycles. The van der Waals surface area contributed by atoms with Crippen LogP contribution in [0.5, 0.6) is 11.5 Å². The molecule has 2 atom stereocenters. The topological polar surface area (TPSA) is 51.6 Å². The number of thiocarbonyl (C=S) groups is 1. The van der Waals surface area contributed by atoms with Gasteiger partial charge in [0.05, 0.1) is 17.8 Å². The number of fused-ring (bicyclic) bond motifs is 1. The zero-order valence-electron chi connectivity index (χ0n) is 18.0. The minimum Gasteiger partial charge on any atom is -0.454 e. The molecule has 2 aliphatic rings. The summed E-state index contributed by atoms with van der Waals surface area (Å²) in [5, 5.41) is 4.32. The first-order valence-corrected chi connectivity index (χ1v) is 11.1. The van der Waals surface area contributed by atoms with Crippen molar-refractivity contribution in [1.29, 1.82) is 0 Å². The molecule has 6 nitrogen and oxygen atoms in total. The fraction of sp³-hybridized carbons (Fsp3) is 0.333. The molecule has 4 heterocycles. The number of hydrogen-bond donors (Lipinski definition) is 1. The second-order valence-corrected chi connectivity index (χ2v) is 8.41. The highest BCUT2D eigenvalue weighted by Crippen LogP contribution is 2.42. The maximum absolute atomic E-state index is 5.74. The maximum Gasteiger partial charge on any atom is 0.231 e. The van der Waals surface area contributed by atoms with Gasteiger partial charge in [-0.2, -0.15) is 0 Å². The van der Waals surface area contributed by atoms with Crippen LogP contribution >= 0.6 is 12.2 Å². The van der Waals surface area contributed by atoms with Crippen molar-refractivity contribution in [1.82, 2.24) is 19.8 Å². The van der Waals surface area contributed by atoms with E-state index in [1.54, 1.807) is 0 Å². The van der Waals surface area contributed by atoms with Crippen molar-refractivity contribution in [2.24, 2.45) is 0 Å². The van der Waals surface area contributed by atoms with Crippen molar-refractivity contribution in [2.45, 2.75) is 39.3 Å². The van der Waals surface area contributed by atoms with Crippen LogP contribution in [0, 0.1) is 13.8 Å². The van der Waals surface area contributed by atoms with Crippen molar-refractivity contribution >= 4 is 17.3 Å². The monoisotopic (exact) mass is 434 g/mol. The summed E-state index contributed by atoms with van der Waals surface area (Å²) in [4.78, 5) is 6.94. The van der Waals surface area contributed by atoms with Crippen LogP contribution < -0.4 is 14.8 Å². The summed E-state index contributed by atoms with van der Waals surface area (Å²) < 4.78 is 13.4. The van der Waals surface area contributed by atoms with Crippen LogP contribution in [0.3, 0.4) is 0 Å². The lowest BCUT2D eigenvalue weighted by molar-refractivity contribution is 0.174. The Morgan fingerprint density at radius 3 is 2.74 bits per heavy atom. The number of hydrogen-bond acceptors (Lipinski definition) is 4. The van der Waals surface area contributed by atoms with E-state index in [0.717, 1.165) is 41.0 Å². The van der Waals surface area contributed by atoms with E-state index in [9.17, 15) is 0 Å². The van der Waals surface area contributed by atoms with Gasteiger partial charge >= 0.3 is 0 Å². The van der Waals surface area contributed by atoms with E-state index < -0.39 is 0 Å². The third kappa shape index (κ3) is 3.33. The summed E-state index contributed by atoms with van der Waals surface area (Å²) in [6.07, 6.45) is 2.86. The van der Waals surface area contributed by atoms with Gasteiger partial charge < -0.3 is 24.3 Å². The molecular weight excluding hydrogens is 408 g/mol. The summed E-state index contributed by atoms with van der Waals surface area (Å²) in [5.41, 5.74) is 5.68. The average molecular weight is 435 g/mol. The first-order chi connectivity index (χ1) is 15.1. The molecule has 160 valence electrons. The van der Waals surface area contributed by atoms with Crippen molar-refractivity contribution in [3.05, 3.63) is 71.3 Å². The lowest BCUT2D eigenvalue weighted by Crippen LogP contribution is -2.30. The molecule has 0 radical (unpaired) electrons. The molecule has 0 unspecified atom stereocenters. The molecule has 0 aliphatic carbocycles. The van der Waals surface area contributed by atoms with Crippen LogP contribution in [-0.2, 0) is 0 Å². The summed E-state index contributed by atoms with van der Waals surface area (Å²) in [5.74, 6) is 1.58. The standard InChI is InChI=1S/C24H26N4O2S/c1-4-11-27-23(22(26-24(27)31)19-7-5-6-10-25-19)18-12-15(2)28(16(18)3)17-8-9-20-21(13-17)30-14-29-20/h5-10,12-13,22-23H,4,11,14H2,1-3H3,(H,26,31)/t22-,23-/m1/s1. The molecule has 31 heavy (non-hydrogen) atoms. The smallest absolute Gasteiger partial charge is 0.231 e. The van der Waals surface area contributed by atoms with Crippen LogP contribution in [0.15, 0.2) is 48.7 Å². The van der Waals surface area contributed by atoms with E-state index in [0.29, 0.717) is 0 Å². The van der Waals surface area contributed by atoms with Gasteiger partial charge in [-0.3, -0.25) is 4.98 Å². The molecule has 0 bridgehead atoms. The number of rotatable bonds is 5. The third-order valence-electron chi connectivity index (χ3n) is 6.07. The van der Waals surface area contributed by atoms with Crippen molar-refractivity contribution in [3.8, 4) is 17.2 Å². The molecule has 2 aromatic heterocycles. The molecule has 7 heteroatoms. The minimum atomic E-state index is 0.00551. The Morgan fingerprint density at radius 1 is 1.13 bits per heavy atom. The van der Waals surface area contributed by atoms with Crippen molar-refractivity contribution in [2.75, 3.05) is 13.3 Å². The Hall–Kier alpha value is -3.06. The van der Waals surface area contributed by atoms with Crippen LogP contribution in [0.1, 0.15) is 48.1 Å². The van der Waals surface area contributed by atoms with E-state index >= 15 is 0 Å². The Kier molecular flexibility index (Phi) is 5.06. The van der Waals surface area contributed by atoms with Crippen LogP contribution in [-0.4, -0.2) is 32.9 Å². The zero-order valence-corrected chi connectivity index (χ0v) is 18.8. The number of aryl methyl sites for hydroxylation is 1. The number of nitrogens with zero attached hydrogens (tertiary/aromatic N) is 3. The highest BCUT2D eigenvalue weighted by molar-refractivity contribution is 7.80. The SMILES string of the molecule is CCCN1C(=S)N[C@H](c2ccccn2)[C@H]1c1cc(C)n(-c2ccc3c(c2)OCO3)c1C. The summed E-state index contributed by atoms with van der Waals surface area (Å²) >= 11 is 5.74. The van der Waals surface area contributed by atoms with Crippen LogP contribution in [0.4, 0.5) is 0 Å². The molecule has 5 rings (SSSR count). The van der Waals surface area contributed by atoms with Gasteiger partial charge in [0.1, 0.15) is 0 Å². The maximum atomic E-state index is 5.74. The molecule has 3 aromatic rings. The number of nitrogens with one attached hydrogen (secondary N) is 1. The van der Waals surface area contributed by atoms with E-state index in [-0.39, 0.29) is 18.9 Å². The van der Waals surface area contributed by atoms with Gasteiger partial charge in [0.15, 0.2) is 16.6 Å². The second-order valence-electron chi connectivity index (χ2n) is 8.02. The lowest BCUT2D eigenvalue weighted by Gasteiger charge is -2.27. The number of aromatic nitrogens is 2. The van der Waals surface area contributed by atoms with Crippen molar-refractivity contribution < 1.29 is 9.47 Å². The van der Waals surface area contributed by atoms with Gasteiger partial charge in [0.2, 0.25) is 6.79 Å². The van der Waals surface area contributed by atoms with Crippen LogP contribution in [0.25, 0.3) is 5.69 Å². The molecule has 1 fully saturated rings. The predicted octanol–water partition coefficient (Wildman–Crippen LogP) is 4.60. The Balaban J connectivity index is 1.60. The summed E-state index contributed by atoms with van der Waals surface area (Å²) in [6, 6.07) is 14.5.